The Balaban J connectivity index is 1.31. The van der Waals surface area contributed by atoms with Crippen molar-refractivity contribution in [1.29, 1.82) is 0 Å². The van der Waals surface area contributed by atoms with Crippen molar-refractivity contribution in [2.45, 2.75) is 32.2 Å². The molecule has 1 saturated heterocycles. The van der Waals surface area contributed by atoms with Crippen LogP contribution < -0.4 is 10.3 Å². The van der Waals surface area contributed by atoms with Crippen molar-refractivity contribution in [1.82, 2.24) is 14.5 Å². The highest BCUT2D eigenvalue weighted by atomic mass is 16.5. The van der Waals surface area contributed by atoms with Crippen LogP contribution in [-0.2, 0) is 17.8 Å². The largest absolute Gasteiger partial charge is 0.497 e. The number of ether oxygens (including phenoxy) is 1. The second kappa shape index (κ2) is 9.11. The van der Waals surface area contributed by atoms with Gasteiger partial charge in [-0.25, -0.2) is 4.98 Å². The average Bonchev–Trinajstić information content (AvgIpc) is 2.80. The van der Waals surface area contributed by atoms with Crippen LogP contribution in [0.4, 0.5) is 0 Å². The molecular formula is C24H27N3O3. The van der Waals surface area contributed by atoms with E-state index in [0.717, 1.165) is 50.0 Å². The van der Waals surface area contributed by atoms with Gasteiger partial charge in [-0.15, -0.1) is 0 Å². The molecule has 30 heavy (non-hydrogen) atoms. The van der Waals surface area contributed by atoms with Crippen LogP contribution >= 0.6 is 0 Å². The minimum atomic E-state index is -0.239. The number of hydrogen-bond acceptors (Lipinski definition) is 4. The number of carbonyl (C=O) groups excluding carboxylic acids is 1. The van der Waals surface area contributed by atoms with Crippen molar-refractivity contribution in [3.63, 3.8) is 0 Å². The fourth-order valence-corrected chi connectivity index (χ4v) is 4.15. The number of rotatable bonds is 6. The van der Waals surface area contributed by atoms with Gasteiger partial charge in [0.2, 0.25) is 5.91 Å². The molecule has 156 valence electrons. The predicted octanol–water partition coefficient (Wildman–Crippen LogP) is 3.28. The fraction of sp³-hybridized carbons (Fsp3) is 0.375. The Kier molecular flexibility index (Phi) is 6.12. The molecule has 2 aromatic carbocycles. The SMILES string of the molecule is COc1ccc(CCC2CCN(C(=O)Cn3c(=O)cnc4ccccc43)CC2)cc1. The van der Waals surface area contributed by atoms with Crippen LogP contribution in [0.15, 0.2) is 59.5 Å². The van der Waals surface area contributed by atoms with Gasteiger partial charge in [0.15, 0.2) is 0 Å². The monoisotopic (exact) mass is 405 g/mol. The molecule has 2 heterocycles. The molecular weight excluding hydrogens is 378 g/mol. The number of nitrogens with zero attached hydrogens (tertiary/aromatic N) is 3. The second-order valence-corrected chi connectivity index (χ2v) is 7.88. The van der Waals surface area contributed by atoms with Crippen molar-refractivity contribution in [3.8, 4) is 5.75 Å². The van der Waals surface area contributed by atoms with Crippen LogP contribution in [0.3, 0.4) is 0 Å². The summed E-state index contributed by atoms with van der Waals surface area (Å²) in [5.41, 5.74) is 2.50. The van der Waals surface area contributed by atoms with Gasteiger partial charge < -0.3 is 9.64 Å². The topological polar surface area (TPSA) is 64.4 Å². The molecule has 1 aromatic heterocycles. The number of fused-ring (bicyclic) bond motifs is 1. The summed E-state index contributed by atoms with van der Waals surface area (Å²) >= 11 is 0. The van der Waals surface area contributed by atoms with E-state index in [1.54, 1.807) is 7.11 Å². The molecule has 1 amide bonds. The molecule has 1 aliphatic rings. The quantitative estimate of drug-likeness (QED) is 0.631. The number of amides is 1. The first kappa shape index (κ1) is 20.1. The van der Waals surface area contributed by atoms with Crippen molar-refractivity contribution < 1.29 is 9.53 Å². The summed E-state index contributed by atoms with van der Waals surface area (Å²) in [6.07, 6.45) is 5.48. The van der Waals surface area contributed by atoms with Crippen LogP contribution in [0.25, 0.3) is 11.0 Å². The van der Waals surface area contributed by atoms with Gasteiger partial charge in [0, 0.05) is 13.1 Å². The number of methoxy groups -OCH3 is 1. The highest BCUT2D eigenvalue weighted by Gasteiger charge is 2.23. The van der Waals surface area contributed by atoms with Gasteiger partial charge in [0.1, 0.15) is 12.3 Å². The zero-order chi connectivity index (χ0) is 20.9. The molecule has 4 rings (SSSR count). The zero-order valence-electron chi connectivity index (χ0n) is 17.3. The lowest BCUT2D eigenvalue weighted by atomic mass is 9.90. The standard InChI is InChI=1S/C24H27N3O3/c1-30-20-10-8-18(9-11-20)6-7-19-12-14-26(15-13-19)24(29)17-27-22-5-3-2-4-21(22)25-16-23(27)28/h2-5,8-11,16,19H,6-7,12-15,17H2,1H3. The number of likely N-dealkylation sites (tertiary alicyclic amines) is 1. The number of carbonyl (C=O) groups is 1. The van der Waals surface area contributed by atoms with E-state index in [-0.39, 0.29) is 18.0 Å². The Morgan fingerprint density at radius 1 is 1.10 bits per heavy atom. The molecule has 6 heteroatoms. The molecule has 0 radical (unpaired) electrons. The number of aromatic nitrogens is 2. The Hall–Kier alpha value is -3.15. The highest BCUT2D eigenvalue weighted by molar-refractivity contribution is 5.80. The molecule has 0 spiro atoms. The van der Waals surface area contributed by atoms with E-state index in [4.69, 9.17) is 4.74 Å². The van der Waals surface area contributed by atoms with Crippen molar-refractivity contribution in [2.24, 2.45) is 5.92 Å². The van der Waals surface area contributed by atoms with Gasteiger partial charge in [-0.05, 0) is 61.4 Å². The maximum Gasteiger partial charge on any atom is 0.269 e. The summed E-state index contributed by atoms with van der Waals surface area (Å²) in [6.45, 7) is 1.58. The van der Waals surface area contributed by atoms with Crippen molar-refractivity contribution in [3.05, 3.63) is 70.6 Å². The summed E-state index contributed by atoms with van der Waals surface area (Å²) in [5.74, 6) is 1.51. The van der Waals surface area contributed by atoms with E-state index in [9.17, 15) is 9.59 Å². The smallest absolute Gasteiger partial charge is 0.269 e. The molecule has 0 unspecified atom stereocenters. The lowest BCUT2D eigenvalue weighted by molar-refractivity contribution is -0.133. The summed E-state index contributed by atoms with van der Waals surface area (Å²) < 4.78 is 6.74. The fourth-order valence-electron chi connectivity index (χ4n) is 4.15. The molecule has 1 aliphatic heterocycles. The van der Waals surface area contributed by atoms with Gasteiger partial charge in [0.05, 0.1) is 24.3 Å². The summed E-state index contributed by atoms with van der Waals surface area (Å²) in [6, 6.07) is 15.7. The van der Waals surface area contributed by atoms with Crippen LogP contribution in [0.1, 0.15) is 24.8 Å². The second-order valence-electron chi connectivity index (χ2n) is 7.88. The summed E-state index contributed by atoms with van der Waals surface area (Å²) in [5, 5.41) is 0. The molecule has 0 N–H and O–H groups in total. The molecule has 0 bridgehead atoms. The van der Waals surface area contributed by atoms with Crippen LogP contribution in [0.2, 0.25) is 0 Å². The Morgan fingerprint density at radius 2 is 1.83 bits per heavy atom. The number of benzene rings is 2. The van der Waals surface area contributed by atoms with Gasteiger partial charge in [-0.3, -0.25) is 14.2 Å². The highest BCUT2D eigenvalue weighted by Crippen LogP contribution is 2.23. The van der Waals surface area contributed by atoms with E-state index in [1.165, 1.54) is 16.3 Å². The van der Waals surface area contributed by atoms with E-state index in [2.05, 4.69) is 17.1 Å². The minimum absolute atomic E-state index is 0.00191. The lowest BCUT2D eigenvalue weighted by Crippen LogP contribution is -2.41. The molecule has 0 atom stereocenters. The molecule has 6 nitrogen and oxygen atoms in total. The van der Waals surface area contributed by atoms with E-state index in [0.29, 0.717) is 11.4 Å². The van der Waals surface area contributed by atoms with Crippen LogP contribution in [0.5, 0.6) is 5.75 Å². The van der Waals surface area contributed by atoms with E-state index in [1.807, 2.05) is 41.3 Å². The predicted molar refractivity (Wildman–Crippen MR) is 117 cm³/mol. The molecule has 1 fully saturated rings. The normalized spacial score (nSPS) is 14.8. The Labute approximate surface area is 176 Å². The van der Waals surface area contributed by atoms with E-state index < -0.39 is 0 Å². The van der Waals surface area contributed by atoms with E-state index >= 15 is 0 Å². The lowest BCUT2D eigenvalue weighted by Gasteiger charge is -2.32. The summed E-state index contributed by atoms with van der Waals surface area (Å²) in [4.78, 5) is 31.2. The summed E-state index contributed by atoms with van der Waals surface area (Å²) in [7, 11) is 1.68. The van der Waals surface area contributed by atoms with Crippen molar-refractivity contribution >= 4 is 16.9 Å². The third-order valence-corrected chi connectivity index (χ3v) is 6.01. The number of para-hydroxylation sites is 2. The van der Waals surface area contributed by atoms with Gasteiger partial charge in [-0.2, -0.15) is 0 Å². The third-order valence-electron chi connectivity index (χ3n) is 6.01. The maximum absolute atomic E-state index is 12.8. The zero-order valence-corrected chi connectivity index (χ0v) is 17.3. The van der Waals surface area contributed by atoms with Crippen LogP contribution in [0, 0.1) is 5.92 Å². The number of hydrogen-bond donors (Lipinski definition) is 0. The number of aryl methyl sites for hydroxylation is 1. The maximum atomic E-state index is 12.8. The molecule has 3 aromatic rings. The van der Waals surface area contributed by atoms with Gasteiger partial charge >= 0.3 is 0 Å². The third kappa shape index (κ3) is 4.53. The molecule has 0 aliphatic carbocycles. The Bertz CT molecular complexity index is 1070. The van der Waals surface area contributed by atoms with Gasteiger partial charge in [-0.1, -0.05) is 24.3 Å². The first-order valence-corrected chi connectivity index (χ1v) is 10.5. The first-order chi connectivity index (χ1) is 14.6. The first-order valence-electron chi connectivity index (χ1n) is 10.5. The number of piperidine rings is 1. The molecule has 0 saturated carbocycles. The van der Waals surface area contributed by atoms with Crippen LogP contribution in [-0.4, -0.2) is 40.6 Å². The minimum Gasteiger partial charge on any atom is -0.497 e. The van der Waals surface area contributed by atoms with Crippen molar-refractivity contribution in [2.75, 3.05) is 20.2 Å². The Morgan fingerprint density at radius 3 is 2.57 bits per heavy atom. The van der Waals surface area contributed by atoms with Gasteiger partial charge in [0.25, 0.3) is 5.56 Å². The average molecular weight is 405 g/mol.